The molecule has 4 nitrogen and oxygen atoms in total. The molecule has 1 N–H and O–H groups in total. The lowest BCUT2D eigenvalue weighted by Gasteiger charge is -2.13. The molecule has 0 aliphatic carbocycles. The molecular weight excluding hydrogens is 419 g/mol. The molecule has 2 aromatic rings. The molecule has 0 radical (unpaired) electrons. The van der Waals surface area contributed by atoms with Gasteiger partial charge in [-0.1, -0.05) is 0 Å². The molecule has 0 fully saturated rings. The largest absolute Gasteiger partial charge is 0.495 e. The quantitative estimate of drug-likeness (QED) is 0.545. The molecule has 0 heterocycles. The predicted octanol–water partition coefficient (Wildman–Crippen LogP) is 4.81. The van der Waals surface area contributed by atoms with E-state index in [4.69, 9.17) is 9.47 Å². The standard InChI is InChI=1S/C15H13Br2FN2O2/c1-21-14-9(7-12(16)15(22-2)13(14)17)8-19-20-11-5-3-10(18)4-6-11/h3-8,20H,1-2H3/b19-8+. The molecule has 7 heteroatoms. The molecule has 2 aromatic carbocycles. The van der Waals surface area contributed by atoms with Crippen molar-refractivity contribution in [3.05, 3.63) is 50.7 Å². The number of anilines is 1. The minimum Gasteiger partial charge on any atom is -0.495 e. The number of ether oxygens (including phenoxy) is 2. The van der Waals surface area contributed by atoms with Crippen molar-refractivity contribution in [2.75, 3.05) is 19.6 Å². The van der Waals surface area contributed by atoms with E-state index in [-0.39, 0.29) is 5.82 Å². The molecule has 0 amide bonds. The van der Waals surface area contributed by atoms with Crippen molar-refractivity contribution in [2.24, 2.45) is 5.10 Å². The number of benzene rings is 2. The third-order valence-electron chi connectivity index (χ3n) is 2.81. The van der Waals surface area contributed by atoms with E-state index in [9.17, 15) is 4.39 Å². The number of nitrogens with zero attached hydrogens (tertiary/aromatic N) is 1. The summed E-state index contributed by atoms with van der Waals surface area (Å²) in [6.07, 6.45) is 1.61. The molecular formula is C15H13Br2FN2O2. The molecule has 0 aliphatic rings. The van der Waals surface area contributed by atoms with E-state index < -0.39 is 0 Å². The third kappa shape index (κ3) is 3.78. The molecule has 0 saturated carbocycles. The van der Waals surface area contributed by atoms with Crippen molar-refractivity contribution in [2.45, 2.75) is 0 Å². The highest BCUT2D eigenvalue weighted by Crippen LogP contribution is 2.42. The number of hydrogen-bond acceptors (Lipinski definition) is 4. The highest BCUT2D eigenvalue weighted by Gasteiger charge is 2.15. The van der Waals surface area contributed by atoms with Crippen LogP contribution in [0.15, 0.2) is 44.4 Å². The zero-order valence-electron chi connectivity index (χ0n) is 11.9. The van der Waals surface area contributed by atoms with Gasteiger partial charge in [0.1, 0.15) is 16.0 Å². The first-order valence-corrected chi connectivity index (χ1v) is 7.80. The summed E-state index contributed by atoms with van der Waals surface area (Å²) in [5.74, 6) is 0.949. The van der Waals surface area contributed by atoms with E-state index in [1.54, 1.807) is 32.6 Å². The van der Waals surface area contributed by atoms with Crippen LogP contribution in [0, 0.1) is 5.82 Å². The Morgan fingerprint density at radius 2 is 1.73 bits per heavy atom. The minimum atomic E-state index is -0.292. The van der Waals surface area contributed by atoms with Gasteiger partial charge in [-0.3, -0.25) is 5.43 Å². The van der Waals surface area contributed by atoms with E-state index in [1.165, 1.54) is 12.1 Å². The van der Waals surface area contributed by atoms with Crippen LogP contribution in [0.4, 0.5) is 10.1 Å². The zero-order valence-corrected chi connectivity index (χ0v) is 15.0. The molecule has 116 valence electrons. The van der Waals surface area contributed by atoms with Crippen molar-refractivity contribution < 1.29 is 13.9 Å². The maximum atomic E-state index is 12.8. The van der Waals surface area contributed by atoms with Crippen LogP contribution in [0.25, 0.3) is 0 Å². The maximum Gasteiger partial charge on any atom is 0.151 e. The van der Waals surface area contributed by atoms with E-state index >= 15 is 0 Å². The lowest BCUT2D eigenvalue weighted by atomic mass is 10.2. The van der Waals surface area contributed by atoms with Gasteiger partial charge in [0.25, 0.3) is 0 Å². The van der Waals surface area contributed by atoms with Crippen LogP contribution in [0.3, 0.4) is 0 Å². The molecule has 0 unspecified atom stereocenters. The van der Waals surface area contributed by atoms with E-state index in [1.807, 2.05) is 6.07 Å². The van der Waals surface area contributed by atoms with Gasteiger partial charge in [0.15, 0.2) is 5.75 Å². The first-order chi connectivity index (χ1) is 10.6. The summed E-state index contributed by atoms with van der Waals surface area (Å²) in [4.78, 5) is 0. The van der Waals surface area contributed by atoms with Crippen molar-refractivity contribution in [1.82, 2.24) is 0 Å². The summed E-state index contributed by atoms with van der Waals surface area (Å²) in [6, 6.07) is 7.75. The Morgan fingerprint density at radius 3 is 2.32 bits per heavy atom. The molecule has 0 spiro atoms. The Morgan fingerprint density at radius 1 is 1.09 bits per heavy atom. The van der Waals surface area contributed by atoms with Gasteiger partial charge in [-0.2, -0.15) is 5.10 Å². The van der Waals surface area contributed by atoms with Crippen LogP contribution in [-0.4, -0.2) is 20.4 Å². The van der Waals surface area contributed by atoms with Crippen LogP contribution in [0.1, 0.15) is 5.56 Å². The van der Waals surface area contributed by atoms with Gasteiger partial charge in [0.2, 0.25) is 0 Å². The Bertz CT molecular complexity index is 691. The van der Waals surface area contributed by atoms with E-state index in [0.717, 1.165) is 10.0 Å². The Labute approximate surface area is 144 Å². The average molecular weight is 432 g/mol. The van der Waals surface area contributed by atoms with Crippen LogP contribution in [-0.2, 0) is 0 Å². The van der Waals surface area contributed by atoms with Crippen molar-refractivity contribution in [3.8, 4) is 11.5 Å². The molecule has 22 heavy (non-hydrogen) atoms. The number of methoxy groups -OCH3 is 2. The molecule has 0 aliphatic heterocycles. The van der Waals surface area contributed by atoms with Gasteiger partial charge >= 0.3 is 0 Å². The fourth-order valence-corrected chi connectivity index (χ4v) is 3.43. The predicted molar refractivity (Wildman–Crippen MR) is 92.6 cm³/mol. The summed E-state index contributed by atoms with van der Waals surface area (Å²) in [5.41, 5.74) is 4.26. The minimum absolute atomic E-state index is 0.292. The van der Waals surface area contributed by atoms with Crippen molar-refractivity contribution in [3.63, 3.8) is 0 Å². The van der Waals surface area contributed by atoms with Gasteiger partial charge in [-0.05, 0) is 62.2 Å². The van der Waals surface area contributed by atoms with E-state index in [0.29, 0.717) is 21.7 Å². The summed E-state index contributed by atoms with van der Waals surface area (Å²) < 4.78 is 25.0. The SMILES string of the molecule is COc1c(Br)cc(/C=N/Nc2ccc(F)cc2)c(OC)c1Br. The topological polar surface area (TPSA) is 42.8 Å². The van der Waals surface area contributed by atoms with Crippen molar-refractivity contribution >= 4 is 43.8 Å². The van der Waals surface area contributed by atoms with Gasteiger partial charge < -0.3 is 9.47 Å². The van der Waals surface area contributed by atoms with Gasteiger partial charge in [0.05, 0.1) is 30.6 Å². The van der Waals surface area contributed by atoms with Gasteiger partial charge in [0, 0.05) is 5.56 Å². The lowest BCUT2D eigenvalue weighted by Crippen LogP contribution is -1.98. The number of halogens is 3. The van der Waals surface area contributed by atoms with Gasteiger partial charge in [-0.15, -0.1) is 0 Å². The smallest absolute Gasteiger partial charge is 0.151 e. The summed E-state index contributed by atoms with van der Waals surface area (Å²) in [5, 5.41) is 4.13. The number of rotatable bonds is 5. The van der Waals surface area contributed by atoms with Crippen molar-refractivity contribution in [1.29, 1.82) is 0 Å². The molecule has 0 aromatic heterocycles. The summed E-state index contributed by atoms with van der Waals surface area (Å²) >= 11 is 6.88. The van der Waals surface area contributed by atoms with Crippen LogP contribution in [0.5, 0.6) is 11.5 Å². The normalized spacial score (nSPS) is 10.8. The van der Waals surface area contributed by atoms with Crippen LogP contribution >= 0.6 is 31.9 Å². The average Bonchev–Trinajstić information content (AvgIpc) is 2.50. The maximum absolute atomic E-state index is 12.8. The fourth-order valence-electron chi connectivity index (χ4n) is 1.79. The molecule has 0 bridgehead atoms. The van der Waals surface area contributed by atoms with E-state index in [2.05, 4.69) is 42.4 Å². The lowest BCUT2D eigenvalue weighted by molar-refractivity contribution is 0.387. The first-order valence-electron chi connectivity index (χ1n) is 6.21. The van der Waals surface area contributed by atoms with Crippen LogP contribution in [0.2, 0.25) is 0 Å². The third-order valence-corrected chi connectivity index (χ3v) is 4.12. The molecule has 0 atom stereocenters. The second kappa shape index (κ2) is 7.60. The number of hydrogen-bond donors (Lipinski definition) is 1. The Kier molecular flexibility index (Phi) is 5.79. The van der Waals surface area contributed by atoms with Crippen LogP contribution < -0.4 is 14.9 Å². The molecule has 0 saturated heterocycles. The Balaban J connectivity index is 2.25. The first kappa shape index (κ1) is 16.8. The fraction of sp³-hybridized carbons (Fsp3) is 0.133. The highest BCUT2D eigenvalue weighted by molar-refractivity contribution is 9.11. The summed E-state index contributed by atoms with van der Waals surface area (Å²) in [7, 11) is 3.15. The second-order valence-corrected chi connectivity index (χ2v) is 5.85. The number of nitrogens with one attached hydrogen (secondary N) is 1. The molecule has 2 rings (SSSR count). The Hall–Kier alpha value is -1.60. The number of hydrazone groups is 1. The second-order valence-electron chi connectivity index (χ2n) is 4.20. The van der Waals surface area contributed by atoms with Gasteiger partial charge in [-0.25, -0.2) is 4.39 Å². The zero-order chi connectivity index (χ0) is 16.1. The summed E-state index contributed by atoms with van der Waals surface area (Å²) in [6.45, 7) is 0. The highest BCUT2D eigenvalue weighted by atomic mass is 79.9. The monoisotopic (exact) mass is 430 g/mol.